The minimum atomic E-state index is -0.110. The number of halogens is 1. The maximum Gasteiger partial charge on any atom is 0.126 e. The zero-order chi connectivity index (χ0) is 13.1. The van der Waals surface area contributed by atoms with E-state index in [0.717, 1.165) is 31.7 Å². The standard InChI is InChI=1S/C15H23FN2/c1-11(2)15(18-8-6-17-7-9-18)13-4-5-14(16)12(3)10-13/h4-5,10-11,15,17H,6-9H2,1-3H3. The van der Waals surface area contributed by atoms with Gasteiger partial charge in [0.1, 0.15) is 5.82 Å². The number of aryl methyl sites for hydroxylation is 1. The number of nitrogens with one attached hydrogen (secondary N) is 1. The minimum absolute atomic E-state index is 0.110. The summed E-state index contributed by atoms with van der Waals surface area (Å²) < 4.78 is 13.4. The maximum absolute atomic E-state index is 13.4. The van der Waals surface area contributed by atoms with E-state index >= 15 is 0 Å². The Labute approximate surface area is 109 Å². The van der Waals surface area contributed by atoms with Gasteiger partial charge in [-0.2, -0.15) is 0 Å². The van der Waals surface area contributed by atoms with Crippen LogP contribution in [-0.4, -0.2) is 31.1 Å². The Morgan fingerprint density at radius 1 is 1.22 bits per heavy atom. The van der Waals surface area contributed by atoms with Gasteiger partial charge < -0.3 is 5.32 Å². The highest BCUT2D eigenvalue weighted by Crippen LogP contribution is 2.29. The van der Waals surface area contributed by atoms with Gasteiger partial charge in [-0.15, -0.1) is 0 Å². The Morgan fingerprint density at radius 2 is 1.89 bits per heavy atom. The van der Waals surface area contributed by atoms with Crippen molar-refractivity contribution >= 4 is 0 Å². The van der Waals surface area contributed by atoms with E-state index in [9.17, 15) is 4.39 Å². The Bertz CT molecular complexity index is 397. The normalized spacial score (nSPS) is 19.2. The zero-order valence-electron chi connectivity index (χ0n) is 11.5. The van der Waals surface area contributed by atoms with Crippen LogP contribution in [0.4, 0.5) is 4.39 Å². The third-order valence-electron chi connectivity index (χ3n) is 3.70. The molecule has 1 fully saturated rings. The number of hydrogen-bond donors (Lipinski definition) is 1. The molecule has 0 aliphatic carbocycles. The summed E-state index contributed by atoms with van der Waals surface area (Å²) in [4.78, 5) is 2.51. The second kappa shape index (κ2) is 5.81. The molecule has 0 bridgehead atoms. The molecule has 1 aromatic carbocycles. The number of piperazine rings is 1. The molecule has 1 unspecified atom stereocenters. The van der Waals surface area contributed by atoms with Crippen molar-refractivity contribution < 1.29 is 4.39 Å². The second-order valence-electron chi connectivity index (χ2n) is 5.48. The van der Waals surface area contributed by atoms with Crippen molar-refractivity contribution in [2.75, 3.05) is 26.2 Å². The van der Waals surface area contributed by atoms with Crippen molar-refractivity contribution in [3.05, 3.63) is 35.1 Å². The Balaban J connectivity index is 2.25. The molecule has 1 heterocycles. The Hall–Kier alpha value is -0.930. The van der Waals surface area contributed by atoms with Gasteiger partial charge in [0, 0.05) is 32.2 Å². The molecule has 100 valence electrons. The molecule has 0 radical (unpaired) electrons. The van der Waals surface area contributed by atoms with Gasteiger partial charge in [0.05, 0.1) is 0 Å². The van der Waals surface area contributed by atoms with E-state index < -0.39 is 0 Å². The summed E-state index contributed by atoms with van der Waals surface area (Å²) >= 11 is 0. The SMILES string of the molecule is Cc1cc(C(C(C)C)N2CCNCC2)ccc1F. The first-order valence-electron chi connectivity index (χ1n) is 6.80. The van der Waals surface area contributed by atoms with Gasteiger partial charge in [-0.05, 0) is 30.0 Å². The molecule has 1 aliphatic rings. The molecule has 2 rings (SSSR count). The van der Waals surface area contributed by atoms with Gasteiger partial charge in [0.25, 0.3) is 0 Å². The molecule has 1 atom stereocenters. The summed E-state index contributed by atoms with van der Waals surface area (Å²) in [5.41, 5.74) is 1.99. The summed E-state index contributed by atoms with van der Waals surface area (Å²) in [6.07, 6.45) is 0. The monoisotopic (exact) mass is 250 g/mol. The van der Waals surface area contributed by atoms with Gasteiger partial charge in [-0.25, -0.2) is 4.39 Å². The van der Waals surface area contributed by atoms with Crippen molar-refractivity contribution in [3.63, 3.8) is 0 Å². The number of hydrogen-bond acceptors (Lipinski definition) is 2. The molecule has 0 amide bonds. The first-order valence-corrected chi connectivity index (χ1v) is 6.80. The van der Waals surface area contributed by atoms with E-state index in [-0.39, 0.29) is 5.82 Å². The third-order valence-corrected chi connectivity index (χ3v) is 3.70. The lowest BCUT2D eigenvalue weighted by atomic mass is 9.92. The van der Waals surface area contributed by atoms with Crippen LogP contribution in [0.5, 0.6) is 0 Å². The molecular weight excluding hydrogens is 227 g/mol. The van der Waals surface area contributed by atoms with E-state index in [1.165, 1.54) is 5.56 Å². The number of benzene rings is 1. The quantitative estimate of drug-likeness (QED) is 0.887. The number of nitrogens with zero attached hydrogens (tertiary/aromatic N) is 1. The highest BCUT2D eigenvalue weighted by Gasteiger charge is 2.25. The summed E-state index contributed by atoms with van der Waals surface area (Å²) in [5.74, 6) is 0.425. The topological polar surface area (TPSA) is 15.3 Å². The lowest BCUT2D eigenvalue weighted by molar-refractivity contribution is 0.137. The predicted octanol–water partition coefficient (Wildman–Crippen LogP) is 2.74. The van der Waals surface area contributed by atoms with Crippen LogP contribution in [0.25, 0.3) is 0 Å². The van der Waals surface area contributed by atoms with Gasteiger partial charge in [-0.3, -0.25) is 4.90 Å². The number of rotatable bonds is 3. The predicted molar refractivity (Wildman–Crippen MR) is 73.2 cm³/mol. The van der Waals surface area contributed by atoms with Crippen LogP contribution in [0.1, 0.15) is 31.0 Å². The largest absolute Gasteiger partial charge is 0.314 e. The molecular formula is C15H23FN2. The molecule has 3 heteroatoms. The fourth-order valence-corrected chi connectivity index (χ4v) is 2.83. The Kier molecular flexibility index (Phi) is 4.36. The molecule has 1 aliphatic heterocycles. The summed E-state index contributed by atoms with van der Waals surface area (Å²) in [6, 6.07) is 5.94. The van der Waals surface area contributed by atoms with Gasteiger partial charge in [0.2, 0.25) is 0 Å². The van der Waals surface area contributed by atoms with Crippen LogP contribution < -0.4 is 5.32 Å². The highest BCUT2D eigenvalue weighted by atomic mass is 19.1. The summed E-state index contributed by atoms with van der Waals surface area (Å²) in [6.45, 7) is 10.6. The van der Waals surface area contributed by atoms with Gasteiger partial charge in [-0.1, -0.05) is 26.0 Å². The molecule has 0 spiro atoms. The summed E-state index contributed by atoms with van der Waals surface area (Å²) in [7, 11) is 0. The molecule has 0 aromatic heterocycles. The molecule has 1 aromatic rings. The average molecular weight is 250 g/mol. The molecule has 0 saturated carbocycles. The van der Waals surface area contributed by atoms with Crippen LogP contribution >= 0.6 is 0 Å². The first kappa shape index (κ1) is 13.5. The molecule has 1 N–H and O–H groups in total. The smallest absolute Gasteiger partial charge is 0.126 e. The fourth-order valence-electron chi connectivity index (χ4n) is 2.83. The lowest BCUT2D eigenvalue weighted by Gasteiger charge is -2.37. The van der Waals surface area contributed by atoms with Crippen LogP contribution in [0.15, 0.2) is 18.2 Å². The minimum Gasteiger partial charge on any atom is -0.314 e. The van der Waals surface area contributed by atoms with Crippen LogP contribution in [0.3, 0.4) is 0 Å². The first-order chi connectivity index (χ1) is 8.59. The van der Waals surface area contributed by atoms with Gasteiger partial charge >= 0.3 is 0 Å². The van der Waals surface area contributed by atoms with Crippen molar-refractivity contribution in [1.82, 2.24) is 10.2 Å². The maximum atomic E-state index is 13.4. The highest BCUT2D eigenvalue weighted by molar-refractivity contribution is 5.27. The van der Waals surface area contributed by atoms with E-state index in [1.807, 2.05) is 19.1 Å². The van der Waals surface area contributed by atoms with Crippen molar-refractivity contribution in [2.24, 2.45) is 5.92 Å². The van der Waals surface area contributed by atoms with Gasteiger partial charge in [0.15, 0.2) is 0 Å². The molecule has 1 saturated heterocycles. The lowest BCUT2D eigenvalue weighted by Crippen LogP contribution is -2.46. The van der Waals surface area contributed by atoms with Crippen LogP contribution in [0.2, 0.25) is 0 Å². The zero-order valence-corrected chi connectivity index (χ0v) is 11.5. The fraction of sp³-hybridized carbons (Fsp3) is 0.600. The molecule has 18 heavy (non-hydrogen) atoms. The van der Waals surface area contributed by atoms with E-state index in [0.29, 0.717) is 12.0 Å². The summed E-state index contributed by atoms with van der Waals surface area (Å²) in [5, 5.41) is 3.38. The van der Waals surface area contributed by atoms with E-state index in [2.05, 4.69) is 24.1 Å². The van der Waals surface area contributed by atoms with Crippen LogP contribution in [0, 0.1) is 18.7 Å². The van der Waals surface area contributed by atoms with E-state index in [4.69, 9.17) is 0 Å². The second-order valence-corrected chi connectivity index (χ2v) is 5.48. The average Bonchev–Trinajstić information content (AvgIpc) is 2.35. The molecule has 2 nitrogen and oxygen atoms in total. The van der Waals surface area contributed by atoms with Crippen molar-refractivity contribution in [1.29, 1.82) is 0 Å². The van der Waals surface area contributed by atoms with Crippen molar-refractivity contribution in [3.8, 4) is 0 Å². The van der Waals surface area contributed by atoms with E-state index in [1.54, 1.807) is 6.07 Å². The third kappa shape index (κ3) is 2.90. The van der Waals surface area contributed by atoms with Crippen LogP contribution in [-0.2, 0) is 0 Å². The van der Waals surface area contributed by atoms with Crippen molar-refractivity contribution in [2.45, 2.75) is 26.8 Å². The Morgan fingerprint density at radius 3 is 2.44 bits per heavy atom.